The molecule has 0 amide bonds. The molecule has 0 aromatic heterocycles. The van der Waals surface area contributed by atoms with Gasteiger partial charge in [0.05, 0.1) is 6.54 Å². The number of likely N-dealkylation sites (N-methyl/N-ethyl adjacent to an activating group) is 1. The Morgan fingerprint density at radius 2 is 1.85 bits per heavy atom. The number of hydrogen-bond donors (Lipinski definition) is 2. The highest BCUT2D eigenvalue weighted by Crippen LogP contribution is 1.99. The van der Waals surface area contributed by atoms with E-state index in [1.54, 1.807) is 11.9 Å². The molecular weight excluding hydrogens is 170 g/mol. The molecule has 78 valence electrons. The van der Waals surface area contributed by atoms with Gasteiger partial charge in [0.1, 0.15) is 0 Å². The number of hydrogen-bond acceptors (Lipinski definition) is 3. The number of aliphatic hydroxyl groups is 1. The molecule has 0 spiro atoms. The third-order valence-corrected chi connectivity index (χ3v) is 1.85. The molecule has 0 unspecified atom stereocenters. The monoisotopic (exact) mass is 189 g/mol. The molecule has 2 N–H and O–H groups in total. The van der Waals surface area contributed by atoms with Crippen LogP contribution in [0.2, 0.25) is 0 Å². The molecule has 0 atom stereocenters. The third-order valence-electron chi connectivity index (χ3n) is 1.85. The Hall–Kier alpha value is -0.610. The van der Waals surface area contributed by atoms with Gasteiger partial charge in [-0.3, -0.25) is 9.69 Å². The molecule has 0 bridgehead atoms. The summed E-state index contributed by atoms with van der Waals surface area (Å²) in [7, 11) is 1.81. The molecule has 0 saturated carbocycles. The van der Waals surface area contributed by atoms with Gasteiger partial charge in [0, 0.05) is 6.61 Å². The van der Waals surface area contributed by atoms with Crippen LogP contribution in [0.4, 0.5) is 0 Å². The normalized spacial score (nSPS) is 10.7. The van der Waals surface area contributed by atoms with Gasteiger partial charge in [0.25, 0.3) is 0 Å². The Bertz CT molecular complexity index is 139. The van der Waals surface area contributed by atoms with Crippen LogP contribution in [0.3, 0.4) is 0 Å². The summed E-state index contributed by atoms with van der Waals surface area (Å²) in [4.78, 5) is 12.1. The Morgan fingerprint density at radius 3 is 2.38 bits per heavy atom. The van der Waals surface area contributed by atoms with Gasteiger partial charge in [-0.2, -0.15) is 0 Å². The second kappa shape index (κ2) is 8.01. The van der Waals surface area contributed by atoms with Gasteiger partial charge >= 0.3 is 5.97 Å². The van der Waals surface area contributed by atoms with E-state index in [-0.39, 0.29) is 13.2 Å². The molecule has 0 aliphatic rings. The molecule has 0 aliphatic heterocycles. The lowest BCUT2D eigenvalue weighted by molar-refractivity contribution is -0.137. The second-order valence-electron chi connectivity index (χ2n) is 3.27. The highest BCUT2D eigenvalue weighted by molar-refractivity contribution is 5.68. The van der Waals surface area contributed by atoms with Crippen molar-refractivity contribution in [2.24, 2.45) is 0 Å². The van der Waals surface area contributed by atoms with E-state index in [2.05, 4.69) is 0 Å². The van der Waals surface area contributed by atoms with Gasteiger partial charge < -0.3 is 10.2 Å². The Morgan fingerprint density at radius 1 is 1.23 bits per heavy atom. The van der Waals surface area contributed by atoms with Crippen molar-refractivity contribution in [1.29, 1.82) is 0 Å². The maximum atomic E-state index is 10.3. The maximum Gasteiger partial charge on any atom is 0.317 e. The van der Waals surface area contributed by atoms with Crippen LogP contribution in [0.25, 0.3) is 0 Å². The molecular formula is C9H19NO3. The summed E-state index contributed by atoms with van der Waals surface area (Å²) in [5.74, 6) is -0.780. The number of carbonyl (C=O) groups is 1. The van der Waals surface area contributed by atoms with Crippen molar-refractivity contribution in [2.45, 2.75) is 25.7 Å². The van der Waals surface area contributed by atoms with Crippen molar-refractivity contribution in [3.63, 3.8) is 0 Å². The average molecular weight is 189 g/mol. The van der Waals surface area contributed by atoms with E-state index in [0.717, 1.165) is 32.2 Å². The van der Waals surface area contributed by atoms with E-state index >= 15 is 0 Å². The minimum absolute atomic E-state index is 0.111. The van der Waals surface area contributed by atoms with Crippen LogP contribution in [0.15, 0.2) is 0 Å². The summed E-state index contributed by atoms with van der Waals surface area (Å²) in [6.45, 7) is 1.18. The standard InChI is InChI=1S/C9H19NO3/c1-10(8-9(12)13)6-4-2-3-5-7-11/h11H,2-8H2,1H3,(H,12,13). The minimum Gasteiger partial charge on any atom is -0.480 e. The van der Waals surface area contributed by atoms with E-state index in [1.165, 1.54) is 0 Å². The minimum atomic E-state index is -0.780. The number of unbranched alkanes of at least 4 members (excludes halogenated alkanes) is 3. The van der Waals surface area contributed by atoms with Crippen LogP contribution in [-0.4, -0.2) is 47.8 Å². The zero-order valence-electron chi connectivity index (χ0n) is 8.20. The first-order valence-corrected chi connectivity index (χ1v) is 4.68. The maximum absolute atomic E-state index is 10.3. The van der Waals surface area contributed by atoms with Crippen molar-refractivity contribution < 1.29 is 15.0 Å². The number of carboxylic acid groups (broad SMARTS) is 1. The van der Waals surface area contributed by atoms with Crippen molar-refractivity contribution in [3.8, 4) is 0 Å². The summed E-state index contributed by atoms with van der Waals surface area (Å²) >= 11 is 0. The van der Waals surface area contributed by atoms with Gasteiger partial charge in [-0.25, -0.2) is 0 Å². The molecule has 0 fully saturated rings. The van der Waals surface area contributed by atoms with Crippen LogP contribution >= 0.6 is 0 Å². The van der Waals surface area contributed by atoms with E-state index < -0.39 is 5.97 Å². The highest BCUT2D eigenvalue weighted by atomic mass is 16.4. The molecule has 13 heavy (non-hydrogen) atoms. The van der Waals surface area contributed by atoms with Gasteiger partial charge in [0.2, 0.25) is 0 Å². The fraction of sp³-hybridized carbons (Fsp3) is 0.889. The van der Waals surface area contributed by atoms with Crippen LogP contribution < -0.4 is 0 Å². The number of rotatable bonds is 8. The van der Waals surface area contributed by atoms with Crippen LogP contribution in [-0.2, 0) is 4.79 Å². The zero-order valence-corrected chi connectivity index (χ0v) is 8.20. The fourth-order valence-electron chi connectivity index (χ4n) is 1.16. The third kappa shape index (κ3) is 9.30. The molecule has 0 radical (unpaired) electrons. The zero-order chi connectivity index (χ0) is 10.1. The van der Waals surface area contributed by atoms with Crippen molar-refractivity contribution in [3.05, 3.63) is 0 Å². The molecule has 4 nitrogen and oxygen atoms in total. The molecule has 0 rings (SSSR count). The molecule has 0 saturated heterocycles. The highest BCUT2D eigenvalue weighted by Gasteiger charge is 2.02. The average Bonchev–Trinajstić information content (AvgIpc) is 2.02. The van der Waals surface area contributed by atoms with Crippen LogP contribution in [0.1, 0.15) is 25.7 Å². The molecule has 0 aromatic carbocycles. The lowest BCUT2D eigenvalue weighted by Gasteiger charge is -2.12. The SMILES string of the molecule is CN(CCCCCCO)CC(=O)O. The summed E-state index contributed by atoms with van der Waals surface area (Å²) in [5, 5.41) is 17.0. The quantitative estimate of drug-likeness (QED) is 0.548. The van der Waals surface area contributed by atoms with Crippen molar-refractivity contribution >= 4 is 5.97 Å². The smallest absolute Gasteiger partial charge is 0.317 e. The topological polar surface area (TPSA) is 60.8 Å². The fourth-order valence-corrected chi connectivity index (χ4v) is 1.16. The molecule has 4 heteroatoms. The predicted octanol–water partition coefficient (Wildman–Crippen LogP) is 0.556. The molecule has 0 heterocycles. The van der Waals surface area contributed by atoms with Crippen LogP contribution in [0.5, 0.6) is 0 Å². The second-order valence-corrected chi connectivity index (χ2v) is 3.27. The van der Waals surface area contributed by atoms with E-state index in [9.17, 15) is 4.79 Å². The molecule has 0 aromatic rings. The van der Waals surface area contributed by atoms with Gasteiger partial charge in [-0.1, -0.05) is 12.8 Å². The summed E-state index contributed by atoms with van der Waals surface area (Å²) in [6.07, 6.45) is 3.94. The van der Waals surface area contributed by atoms with E-state index in [4.69, 9.17) is 10.2 Å². The lowest BCUT2D eigenvalue weighted by Crippen LogP contribution is -2.26. The van der Waals surface area contributed by atoms with Gasteiger partial charge in [-0.05, 0) is 26.4 Å². The number of nitrogens with zero attached hydrogens (tertiary/aromatic N) is 1. The number of aliphatic hydroxyl groups excluding tert-OH is 1. The predicted molar refractivity (Wildman–Crippen MR) is 50.7 cm³/mol. The first-order chi connectivity index (χ1) is 6.16. The Balaban J connectivity index is 3.17. The first-order valence-electron chi connectivity index (χ1n) is 4.68. The number of carboxylic acids is 1. The molecule has 0 aliphatic carbocycles. The van der Waals surface area contributed by atoms with Gasteiger partial charge in [0.15, 0.2) is 0 Å². The van der Waals surface area contributed by atoms with Crippen LogP contribution in [0, 0.1) is 0 Å². The number of aliphatic carboxylic acids is 1. The Kier molecular flexibility index (Phi) is 7.63. The van der Waals surface area contributed by atoms with Crippen molar-refractivity contribution in [1.82, 2.24) is 4.90 Å². The summed E-state index contributed by atoms with van der Waals surface area (Å²) in [6, 6.07) is 0. The summed E-state index contributed by atoms with van der Waals surface area (Å²) in [5.41, 5.74) is 0. The largest absolute Gasteiger partial charge is 0.480 e. The first kappa shape index (κ1) is 12.4. The lowest BCUT2D eigenvalue weighted by atomic mass is 10.2. The van der Waals surface area contributed by atoms with E-state index in [0.29, 0.717) is 0 Å². The van der Waals surface area contributed by atoms with Crippen molar-refractivity contribution in [2.75, 3.05) is 26.7 Å². The summed E-state index contributed by atoms with van der Waals surface area (Å²) < 4.78 is 0. The van der Waals surface area contributed by atoms with E-state index in [1.807, 2.05) is 0 Å². The Labute approximate surface area is 79.2 Å². The van der Waals surface area contributed by atoms with Gasteiger partial charge in [-0.15, -0.1) is 0 Å².